The summed E-state index contributed by atoms with van der Waals surface area (Å²) in [6, 6.07) is 0. The summed E-state index contributed by atoms with van der Waals surface area (Å²) in [5.74, 6) is -0.0281. The van der Waals surface area contributed by atoms with Gasteiger partial charge in [-0.3, -0.25) is 4.79 Å². The number of nitrogens with zero attached hydrogens (tertiary/aromatic N) is 1. The van der Waals surface area contributed by atoms with Crippen molar-refractivity contribution in [2.45, 2.75) is 45.3 Å². The average molecular weight is 243 g/mol. The van der Waals surface area contributed by atoms with Gasteiger partial charge in [0, 0.05) is 25.9 Å². The third-order valence-corrected chi connectivity index (χ3v) is 2.73. The van der Waals surface area contributed by atoms with Gasteiger partial charge in [-0.1, -0.05) is 0 Å². The van der Waals surface area contributed by atoms with Gasteiger partial charge in [0.1, 0.15) is 5.78 Å². The maximum Gasteiger partial charge on any atom is 0.223 e. The van der Waals surface area contributed by atoms with Crippen molar-refractivity contribution in [3.63, 3.8) is 0 Å². The van der Waals surface area contributed by atoms with Crippen LogP contribution in [0.2, 0.25) is 0 Å². The van der Waals surface area contributed by atoms with Gasteiger partial charge in [0.2, 0.25) is 5.91 Å². The normalized spacial score (nSPS) is 23.5. The summed E-state index contributed by atoms with van der Waals surface area (Å²) in [6.45, 7) is 6.06. The SMILES string of the molecule is CC(=O)CCC(=O)N1CC(CO)OC(C)(C)C1. The van der Waals surface area contributed by atoms with Gasteiger partial charge in [-0.25, -0.2) is 0 Å². The van der Waals surface area contributed by atoms with Gasteiger partial charge in [0.15, 0.2) is 0 Å². The van der Waals surface area contributed by atoms with Crippen molar-refractivity contribution >= 4 is 11.7 Å². The van der Waals surface area contributed by atoms with E-state index in [0.29, 0.717) is 13.1 Å². The van der Waals surface area contributed by atoms with Crippen LogP contribution in [-0.4, -0.2) is 53.1 Å². The summed E-state index contributed by atoms with van der Waals surface area (Å²) < 4.78 is 5.62. The number of hydrogen-bond donors (Lipinski definition) is 1. The molecule has 1 aliphatic heterocycles. The van der Waals surface area contributed by atoms with Crippen molar-refractivity contribution < 1.29 is 19.4 Å². The predicted octanol–water partition coefficient (Wildman–Crippen LogP) is 0.354. The quantitative estimate of drug-likeness (QED) is 0.774. The van der Waals surface area contributed by atoms with Crippen LogP contribution in [0.25, 0.3) is 0 Å². The van der Waals surface area contributed by atoms with Crippen LogP contribution >= 0.6 is 0 Å². The number of morpholine rings is 1. The average Bonchev–Trinajstić information content (AvgIpc) is 2.23. The molecular formula is C12H21NO4. The van der Waals surface area contributed by atoms with Crippen LogP contribution < -0.4 is 0 Å². The van der Waals surface area contributed by atoms with Crippen LogP contribution in [0, 0.1) is 0 Å². The molecule has 0 radical (unpaired) electrons. The van der Waals surface area contributed by atoms with Crippen LogP contribution in [-0.2, 0) is 14.3 Å². The molecule has 1 N–H and O–H groups in total. The molecule has 1 aliphatic rings. The Hall–Kier alpha value is -0.940. The maximum absolute atomic E-state index is 11.9. The number of Topliss-reactive ketones (excluding diaryl/α,β-unsaturated/α-hetero) is 1. The summed E-state index contributed by atoms with van der Waals surface area (Å²) in [7, 11) is 0. The minimum absolute atomic E-state index is 0.0181. The van der Waals surface area contributed by atoms with E-state index in [-0.39, 0.29) is 37.2 Å². The highest BCUT2D eigenvalue weighted by Gasteiger charge is 2.34. The third kappa shape index (κ3) is 4.44. The molecule has 1 unspecified atom stereocenters. The fraction of sp³-hybridized carbons (Fsp3) is 0.833. The highest BCUT2D eigenvalue weighted by Crippen LogP contribution is 2.21. The molecule has 0 bridgehead atoms. The molecule has 0 aromatic carbocycles. The van der Waals surface area contributed by atoms with Gasteiger partial charge < -0.3 is 19.5 Å². The molecule has 5 heteroatoms. The molecule has 0 spiro atoms. The number of aliphatic hydroxyl groups excluding tert-OH is 1. The van der Waals surface area contributed by atoms with Gasteiger partial charge in [-0.15, -0.1) is 0 Å². The second kappa shape index (κ2) is 5.60. The van der Waals surface area contributed by atoms with E-state index in [1.54, 1.807) is 4.90 Å². The van der Waals surface area contributed by atoms with E-state index >= 15 is 0 Å². The largest absolute Gasteiger partial charge is 0.394 e. The van der Waals surface area contributed by atoms with Crippen molar-refractivity contribution in [2.24, 2.45) is 0 Å². The summed E-state index contributed by atoms with van der Waals surface area (Å²) in [4.78, 5) is 24.4. The summed E-state index contributed by atoms with van der Waals surface area (Å²) in [5.41, 5.74) is -0.447. The first-order chi connectivity index (χ1) is 7.84. The molecule has 1 amide bonds. The summed E-state index contributed by atoms with van der Waals surface area (Å²) in [6.07, 6.45) is 0.185. The van der Waals surface area contributed by atoms with Gasteiger partial charge in [-0.2, -0.15) is 0 Å². The molecule has 1 rings (SSSR count). The Morgan fingerprint density at radius 1 is 1.41 bits per heavy atom. The number of rotatable bonds is 4. The molecule has 0 aromatic rings. The molecule has 1 saturated heterocycles. The molecule has 98 valence electrons. The third-order valence-electron chi connectivity index (χ3n) is 2.73. The van der Waals surface area contributed by atoms with Crippen LogP contribution in [0.1, 0.15) is 33.6 Å². The molecule has 1 atom stereocenters. The van der Waals surface area contributed by atoms with Crippen LogP contribution in [0.15, 0.2) is 0 Å². The number of carbonyl (C=O) groups excluding carboxylic acids is 2. The molecule has 0 saturated carbocycles. The van der Waals surface area contributed by atoms with Crippen molar-refractivity contribution in [2.75, 3.05) is 19.7 Å². The number of carbonyl (C=O) groups is 2. The van der Waals surface area contributed by atoms with Crippen LogP contribution in [0.5, 0.6) is 0 Å². The monoisotopic (exact) mass is 243 g/mol. The highest BCUT2D eigenvalue weighted by atomic mass is 16.5. The van der Waals surface area contributed by atoms with Gasteiger partial charge in [0.25, 0.3) is 0 Å². The standard InChI is InChI=1S/C12H21NO4/c1-9(15)4-5-11(16)13-6-10(7-14)17-12(2,3)8-13/h10,14H,4-8H2,1-3H3. The fourth-order valence-electron chi connectivity index (χ4n) is 2.02. The summed E-state index contributed by atoms with van der Waals surface area (Å²) in [5, 5.41) is 9.12. The lowest BCUT2D eigenvalue weighted by molar-refractivity contribution is -0.167. The number of ether oxygens (including phenoxy) is 1. The first-order valence-corrected chi connectivity index (χ1v) is 5.90. The van der Waals surface area contributed by atoms with E-state index in [2.05, 4.69) is 0 Å². The van der Waals surface area contributed by atoms with Gasteiger partial charge >= 0.3 is 0 Å². The Balaban J connectivity index is 2.57. The van der Waals surface area contributed by atoms with E-state index in [4.69, 9.17) is 9.84 Å². The lowest BCUT2D eigenvalue weighted by atomic mass is 10.0. The van der Waals surface area contributed by atoms with E-state index in [9.17, 15) is 9.59 Å². The zero-order valence-electron chi connectivity index (χ0n) is 10.7. The summed E-state index contributed by atoms with van der Waals surface area (Å²) >= 11 is 0. The Kier molecular flexibility index (Phi) is 4.65. The predicted molar refractivity (Wildman–Crippen MR) is 62.5 cm³/mol. The van der Waals surface area contributed by atoms with Crippen molar-refractivity contribution in [3.05, 3.63) is 0 Å². The zero-order chi connectivity index (χ0) is 13.1. The fourth-order valence-corrected chi connectivity index (χ4v) is 2.02. The minimum Gasteiger partial charge on any atom is -0.394 e. The topological polar surface area (TPSA) is 66.8 Å². The first kappa shape index (κ1) is 14.1. The first-order valence-electron chi connectivity index (χ1n) is 5.90. The molecule has 1 heterocycles. The van der Waals surface area contributed by atoms with Crippen LogP contribution in [0.4, 0.5) is 0 Å². The lowest BCUT2D eigenvalue weighted by Crippen LogP contribution is -2.55. The van der Waals surface area contributed by atoms with E-state index in [1.807, 2.05) is 13.8 Å². The number of ketones is 1. The minimum atomic E-state index is -0.447. The molecule has 5 nitrogen and oxygen atoms in total. The zero-order valence-corrected chi connectivity index (χ0v) is 10.7. The molecular weight excluding hydrogens is 222 g/mol. The Labute approximate surface area is 102 Å². The second-order valence-electron chi connectivity index (χ2n) is 5.16. The van der Waals surface area contributed by atoms with E-state index in [1.165, 1.54) is 6.92 Å². The highest BCUT2D eigenvalue weighted by molar-refractivity contribution is 5.83. The van der Waals surface area contributed by atoms with E-state index in [0.717, 1.165) is 0 Å². The number of hydrogen-bond acceptors (Lipinski definition) is 4. The van der Waals surface area contributed by atoms with Crippen molar-refractivity contribution in [1.29, 1.82) is 0 Å². The van der Waals surface area contributed by atoms with Gasteiger partial charge in [0.05, 0.1) is 18.3 Å². The van der Waals surface area contributed by atoms with Gasteiger partial charge in [-0.05, 0) is 20.8 Å². The van der Waals surface area contributed by atoms with Crippen LogP contribution in [0.3, 0.4) is 0 Å². The molecule has 1 fully saturated rings. The Morgan fingerprint density at radius 2 is 2.06 bits per heavy atom. The lowest BCUT2D eigenvalue weighted by Gasteiger charge is -2.42. The maximum atomic E-state index is 11.9. The smallest absolute Gasteiger partial charge is 0.223 e. The molecule has 17 heavy (non-hydrogen) atoms. The number of aliphatic hydroxyl groups is 1. The van der Waals surface area contributed by atoms with E-state index < -0.39 is 5.60 Å². The number of amides is 1. The second-order valence-corrected chi connectivity index (χ2v) is 5.16. The van der Waals surface area contributed by atoms with Crippen molar-refractivity contribution in [1.82, 2.24) is 4.90 Å². The molecule has 0 aromatic heterocycles. The van der Waals surface area contributed by atoms with Crippen molar-refractivity contribution in [3.8, 4) is 0 Å². The Morgan fingerprint density at radius 3 is 2.59 bits per heavy atom. The molecule has 0 aliphatic carbocycles. The Bertz CT molecular complexity index is 301.